The Morgan fingerprint density at radius 1 is 1.35 bits per heavy atom. The van der Waals surface area contributed by atoms with Crippen LogP contribution in [0.15, 0.2) is 12.3 Å². The number of nitrogens with one attached hydrogen (secondary N) is 1. The third-order valence-corrected chi connectivity index (χ3v) is 4.22. The number of hydrogen-bond acceptors (Lipinski definition) is 3. The van der Waals surface area contributed by atoms with Gasteiger partial charge in [0.05, 0.1) is 5.52 Å². The maximum absolute atomic E-state index is 4.61. The number of unbranched alkanes of at least 4 members (excludes halogenated alkanes) is 1. The molecule has 2 aromatic heterocycles. The van der Waals surface area contributed by atoms with E-state index < -0.39 is 0 Å². The molecule has 4 nitrogen and oxygen atoms in total. The highest BCUT2D eigenvalue weighted by molar-refractivity contribution is 5.86. The van der Waals surface area contributed by atoms with Crippen molar-refractivity contribution >= 4 is 16.9 Å². The highest BCUT2D eigenvalue weighted by atomic mass is 15.1. The van der Waals surface area contributed by atoms with Crippen LogP contribution >= 0.6 is 0 Å². The van der Waals surface area contributed by atoms with E-state index in [4.69, 9.17) is 0 Å². The van der Waals surface area contributed by atoms with E-state index in [1.54, 1.807) is 0 Å². The number of rotatable bonds is 6. The molecule has 2 aromatic rings. The zero-order chi connectivity index (χ0) is 13.9. The van der Waals surface area contributed by atoms with Crippen molar-refractivity contribution in [1.29, 1.82) is 0 Å². The summed E-state index contributed by atoms with van der Waals surface area (Å²) in [6.45, 7) is 6.27. The zero-order valence-corrected chi connectivity index (χ0v) is 12.5. The van der Waals surface area contributed by atoms with Gasteiger partial charge in [-0.05, 0) is 38.2 Å². The minimum Gasteiger partial charge on any atom is -0.368 e. The van der Waals surface area contributed by atoms with Crippen molar-refractivity contribution in [2.45, 2.75) is 52.5 Å². The summed E-state index contributed by atoms with van der Waals surface area (Å²) in [5.74, 6) is 2.69. The molecular weight excluding hydrogens is 248 g/mol. The van der Waals surface area contributed by atoms with Gasteiger partial charge in [0, 0.05) is 19.3 Å². The predicted octanol–water partition coefficient (Wildman–Crippen LogP) is 3.75. The molecule has 1 saturated carbocycles. The van der Waals surface area contributed by atoms with Crippen LogP contribution in [0.2, 0.25) is 0 Å². The van der Waals surface area contributed by atoms with Crippen LogP contribution < -0.4 is 5.32 Å². The van der Waals surface area contributed by atoms with E-state index in [0.29, 0.717) is 0 Å². The number of hydrogen-bond donors (Lipinski definition) is 1. The lowest BCUT2D eigenvalue weighted by Gasteiger charge is -2.26. The van der Waals surface area contributed by atoms with Crippen molar-refractivity contribution in [2.75, 3.05) is 11.9 Å². The standard InChI is InChI=1S/C16H24N4/c1-3-4-9-17-16-15-14(18-12(2)19-16)8-10-20(15)11-13-6-5-7-13/h8,10,13H,3-7,9,11H2,1-2H3,(H,17,18,19). The fraction of sp³-hybridized carbons (Fsp3) is 0.625. The Labute approximate surface area is 120 Å². The van der Waals surface area contributed by atoms with Gasteiger partial charge in [-0.1, -0.05) is 19.8 Å². The Morgan fingerprint density at radius 2 is 2.20 bits per heavy atom. The maximum Gasteiger partial charge on any atom is 0.154 e. The van der Waals surface area contributed by atoms with Crippen molar-refractivity contribution < 1.29 is 0 Å². The van der Waals surface area contributed by atoms with Crippen LogP contribution in [0.5, 0.6) is 0 Å². The van der Waals surface area contributed by atoms with Crippen LogP contribution in [0.3, 0.4) is 0 Å². The Hall–Kier alpha value is -1.58. The first-order valence-corrected chi connectivity index (χ1v) is 7.85. The fourth-order valence-corrected chi connectivity index (χ4v) is 2.84. The topological polar surface area (TPSA) is 42.7 Å². The molecule has 1 N–H and O–H groups in total. The first kappa shape index (κ1) is 13.4. The molecule has 1 fully saturated rings. The van der Waals surface area contributed by atoms with E-state index in [1.165, 1.54) is 37.6 Å². The molecule has 2 heterocycles. The van der Waals surface area contributed by atoms with Crippen LogP contribution in [-0.2, 0) is 6.54 Å². The van der Waals surface area contributed by atoms with Gasteiger partial charge in [-0.2, -0.15) is 0 Å². The molecule has 4 heteroatoms. The second-order valence-corrected chi connectivity index (χ2v) is 5.90. The van der Waals surface area contributed by atoms with Crippen molar-refractivity contribution in [3.8, 4) is 0 Å². The normalized spacial score (nSPS) is 15.5. The van der Waals surface area contributed by atoms with E-state index in [9.17, 15) is 0 Å². The van der Waals surface area contributed by atoms with Gasteiger partial charge in [-0.15, -0.1) is 0 Å². The lowest BCUT2D eigenvalue weighted by Crippen LogP contribution is -2.18. The Balaban J connectivity index is 1.90. The summed E-state index contributed by atoms with van der Waals surface area (Å²) in [5, 5.41) is 3.49. The molecule has 0 aromatic carbocycles. The predicted molar refractivity (Wildman–Crippen MR) is 83.0 cm³/mol. The van der Waals surface area contributed by atoms with Crippen LogP contribution in [0, 0.1) is 12.8 Å². The van der Waals surface area contributed by atoms with E-state index >= 15 is 0 Å². The molecule has 0 saturated heterocycles. The Morgan fingerprint density at radius 3 is 2.90 bits per heavy atom. The summed E-state index contributed by atoms with van der Waals surface area (Å²) < 4.78 is 2.34. The van der Waals surface area contributed by atoms with Gasteiger partial charge < -0.3 is 9.88 Å². The SMILES string of the molecule is CCCCNc1nc(C)nc2ccn(CC3CCC3)c12. The van der Waals surface area contributed by atoms with Crippen LogP contribution in [0.4, 0.5) is 5.82 Å². The number of aryl methyl sites for hydroxylation is 1. The van der Waals surface area contributed by atoms with Crippen LogP contribution in [0.25, 0.3) is 11.0 Å². The second kappa shape index (κ2) is 5.81. The van der Waals surface area contributed by atoms with Gasteiger partial charge in [0.1, 0.15) is 11.3 Å². The summed E-state index contributed by atoms with van der Waals surface area (Å²) >= 11 is 0. The molecule has 1 aliphatic rings. The van der Waals surface area contributed by atoms with Crippen molar-refractivity contribution in [2.24, 2.45) is 5.92 Å². The molecular formula is C16H24N4. The van der Waals surface area contributed by atoms with Crippen LogP contribution in [0.1, 0.15) is 44.9 Å². The van der Waals surface area contributed by atoms with Crippen molar-refractivity contribution in [1.82, 2.24) is 14.5 Å². The molecule has 20 heavy (non-hydrogen) atoms. The largest absolute Gasteiger partial charge is 0.368 e. The van der Waals surface area contributed by atoms with E-state index in [2.05, 4.69) is 39.0 Å². The van der Waals surface area contributed by atoms with Gasteiger partial charge in [0.15, 0.2) is 5.82 Å². The van der Waals surface area contributed by atoms with E-state index in [0.717, 1.165) is 36.2 Å². The first-order valence-electron chi connectivity index (χ1n) is 7.85. The summed E-state index contributed by atoms with van der Waals surface area (Å²) in [6.07, 6.45) is 8.66. The molecule has 0 amide bonds. The zero-order valence-electron chi connectivity index (χ0n) is 12.5. The lowest BCUT2D eigenvalue weighted by molar-refractivity contribution is 0.280. The first-order chi connectivity index (χ1) is 9.78. The summed E-state index contributed by atoms with van der Waals surface area (Å²) in [4.78, 5) is 9.18. The van der Waals surface area contributed by atoms with E-state index in [1.807, 2.05) is 6.92 Å². The van der Waals surface area contributed by atoms with Crippen LogP contribution in [-0.4, -0.2) is 21.1 Å². The molecule has 1 aliphatic carbocycles. The van der Waals surface area contributed by atoms with Gasteiger partial charge in [-0.25, -0.2) is 9.97 Å². The van der Waals surface area contributed by atoms with Crippen molar-refractivity contribution in [3.05, 3.63) is 18.1 Å². The third kappa shape index (κ3) is 2.65. The third-order valence-electron chi connectivity index (χ3n) is 4.22. The van der Waals surface area contributed by atoms with E-state index in [-0.39, 0.29) is 0 Å². The average molecular weight is 272 g/mol. The molecule has 0 atom stereocenters. The number of aromatic nitrogens is 3. The highest BCUT2D eigenvalue weighted by Gasteiger charge is 2.19. The second-order valence-electron chi connectivity index (χ2n) is 5.90. The Bertz CT molecular complexity index is 583. The molecule has 0 unspecified atom stereocenters. The van der Waals surface area contributed by atoms with Gasteiger partial charge in [-0.3, -0.25) is 0 Å². The monoisotopic (exact) mass is 272 g/mol. The van der Waals surface area contributed by atoms with Gasteiger partial charge in [0.25, 0.3) is 0 Å². The smallest absolute Gasteiger partial charge is 0.154 e. The summed E-state index contributed by atoms with van der Waals surface area (Å²) in [5.41, 5.74) is 2.24. The van der Waals surface area contributed by atoms with Crippen molar-refractivity contribution in [3.63, 3.8) is 0 Å². The minimum atomic E-state index is 0.843. The summed E-state index contributed by atoms with van der Waals surface area (Å²) in [7, 11) is 0. The van der Waals surface area contributed by atoms with Gasteiger partial charge >= 0.3 is 0 Å². The molecule has 0 spiro atoms. The quantitative estimate of drug-likeness (QED) is 0.814. The fourth-order valence-electron chi connectivity index (χ4n) is 2.84. The molecule has 0 aliphatic heterocycles. The average Bonchev–Trinajstić information content (AvgIpc) is 2.77. The molecule has 0 bridgehead atoms. The molecule has 3 rings (SSSR count). The number of fused-ring (bicyclic) bond motifs is 1. The molecule has 0 radical (unpaired) electrons. The van der Waals surface area contributed by atoms with Gasteiger partial charge in [0.2, 0.25) is 0 Å². The number of anilines is 1. The lowest BCUT2D eigenvalue weighted by atomic mass is 9.85. The maximum atomic E-state index is 4.61. The minimum absolute atomic E-state index is 0.843. The number of nitrogens with zero attached hydrogens (tertiary/aromatic N) is 3. The Kier molecular flexibility index (Phi) is 3.90. The highest BCUT2D eigenvalue weighted by Crippen LogP contribution is 2.30. The molecule has 108 valence electrons. The summed E-state index contributed by atoms with van der Waals surface area (Å²) in [6, 6.07) is 2.12.